The fourth-order valence-electron chi connectivity index (χ4n) is 5.84. The van der Waals surface area contributed by atoms with E-state index in [2.05, 4.69) is 39.5 Å². The Kier molecular flexibility index (Phi) is 5.54. The van der Waals surface area contributed by atoms with Gasteiger partial charge in [0.2, 0.25) is 0 Å². The third kappa shape index (κ3) is 3.90. The number of ketones is 2. The molecule has 4 rings (SSSR count). The van der Waals surface area contributed by atoms with Crippen molar-refractivity contribution in [3.8, 4) is 5.75 Å². The van der Waals surface area contributed by atoms with Crippen LogP contribution in [0.15, 0.2) is 40.7 Å². The van der Waals surface area contributed by atoms with Crippen LogP contribution in [0.4, 0.5) is 0 Å². The molecule has 33 heavy (non-hydrogen) atoms. The quantitative estimate of drug-likeness (QED) is 0.686. The fraction of sp³-hybridized carbons (Fsp3) is 0.519. The van der Waals surface area contributed by atoms with E-state index in [1.165, 1.54) is 7.11 Å². The summed E-state index contributed by atoms with van der Waals surface area (Å²) in [5.74, 6) is -1.31. The van der Waals surface area contributed by atoms with Gasteiger partial charge < -0.3 is 14.7 Å². The van der Waals surface area contributed by atoms with Crippen LogP contribution < -0.4 is 4.74 Å². The zero-order chi connectivity index (χ0) is 24.3. The predicted octanol–water partition coefficient (Wildman–Crippen LogP) is 5.10. The second-order valence-corrected chi connectivity index (χ2v) is 11.0. The first kappa shape index (κ1) is 23.3. The molecule has 1 aromatic rings. The molecule has 2 aliphatic carbocycles. The Morgan fingerprint density at radius 2 is 1.52 bits per heavy atom. The van der Waals surface area contributed by atoms with Crippen LogP contribution in [-0.4, -0.2) is 41.2 Å². The Hall–Kier alpha value is -2.89. The highest BCUT2D eigenvalue weighted by Crippen LogP contribution is 2.54. The van der Waals surface area contributed by atoms with Crippen LogP contribution in [0.3, 0.4) is 0 Å². The first-order chi connectivity index (χ1) is 15.4. The van der Waals surface area contributed by atoms with Gasteiger partial charge in [-0.05, 0) is 48.3 Å². The minimum atomic E-state index is -1.10. The van der Waals surface area contributed by atoms with Crippen molar-refractivity contribution < 1.29 is 24.2 Å². The van der Waals surface area contributed by atoms with Gasteiger partial charge >= 0.3 is 5.97 Å². The Bertz CT molecular complexity index is 1070. The highest BCUT2D eigenvalue weighted by Gasteiger charge is 2.48. The van der Waals surface area contributed by atoms with E-state index in [0.717, 1.165) is 24.2 Å². The van der Waals surface area contributed by atoms with Crippen molar-refractivity contribution in [2.45, 2.75) is 66.2 Å². The van der Waals surface area contributed by atoms with Crippen LogP contribution in [0.5, 0.6) is 5.75 Å². The van der Waals surface area contributed by atoms with Gasteiger partial charge in [0.1, 0.15) is 11.3 Å². The predicted molar refractivity (Wildman–Crippen MR) is 125 cm³/mol. The zero-order valence-electron chi connectivity index (χ0n) is 20.4. The largest absolute Gasteiger partial charge is 0.496 e. The summed E-state index contributed by atoms with van der Waals surface area (Å²) in [6.45, 7) is 11.2. The first-order valence-electron chi connectivity index (χ1n) is 11.6. The minimum Gasteiger partial charge on any atom is -0.496 e. The molecule has 0 atom stereocenters. The number of ether oxygens (including phenoxy) is 1. The van der Waals surface area contributed by atoms with Gasteiger partial charge in [-0.15, -0.1) is 0 Å². The van der Waals surface area contributed by atoms with Gasteiger partial charge in [0.05, 0.1) is 7.11 Å². The Morgan fingerprint density at radius 3 is 1.94 bits per heavy atom. The third-order valence-electron chi connectivity index (χ3n) is 7.13. The highest BCUT2D eigenvalue weighted by molar-refractivity contribution is 6.07. The SMILES string of the molecule is CCN1C2=C(C(=O)CC(C)(C)C2)C(c2ccc(OC)c(C(=O)O)c2)C2=C1CC(C)(C)CC2=O. The Labute approximate surface area is 195 Å². The van der Waals surface area contributed by atoms with E-state index in [0.29, 0.717) is 36.1 Å². The van der Waals surface area contributed by atoms with Crippen LogP contribution >= 0.6 is 0 Å². The zero-order valence-corrected chi connectivity index (χ0v) is 20.4. The van der Waals surface area contributed by atoms with Gasteiger partial charge in [-0.25, -0.2) is 4.79 Å². The van der Waals surface area contributed by atoms with Crippen molar-refractivity contribution in [2.24, 2.45) is 10.8 Å². The standard InChI is InChI=1S/C27H33NO5/c1-7-28-17-11-26(2,3)13-19(29)23(17)22(24-18(28)12-27(4,5)14-20(24)30)15-8-9-21(33-6)16(10-15)25(31)32/h8-10,22H,7,11-14H2,1-6H3,(H,31,32). The van der Waals surface area contributed by atoms with Crippen LogP contribution in [0, 0.1) is 10.8 Å². The average molecular weight is 452 g/mol. The number of methoxy groups -OCH3 is 1. The number of aromatic carboxylic acids is 1. The van der Waals surface area contributed by atoms with Crippen molar-refractivity contribution in [3.63, 3.8) is 0 Å². The van der Waals surface area contributed by atoms with Crippen molar-refractivity contribution in [1.29, 1.82) is 0 Å². The maximum atomic E-state index is 13.6. The lowest BCUT2D eigenvalue weighted by molar-refractivity contribution is -0.119. The van der Waals surface area contributed by atoms with E-state index in [1.807, 2.05) is 0 Å². The molecule has 0 bridgehead atoms. The molecule has 6 nitrogen and oxygen atoms in total. The number of hydrogen-bond donors (Lipinski definition) is 1. The molecule has 0 spiro atoms. The molecular formula is C27H33NO5. The summed E-state index contributed by atoms with van der Waals surface area (Å²) in [6, 6.07) is 5.00. The van der Waals surface area contributed by atoms with E-state index in [1.54, 1.807) is 18.2 Å². The molecule has 3 aliphatic rings. The third-order valence-corrected chi connectivity index (χ3v) is 7.13. The number of allylic oxidation sites excluding steroid dienone is 4. The van der Waals surface area contributed by atoms with E-state index >= 15 is 0 Å². The van der Waals surface area contributed by atoms with Gasteiger partial charge in [0, 0.05) is 47.8 Å². The topological polar surface area (TPSA) is 83.9 Å². The number of benzene rings is 1. The second-order valence-electron chi connectivity index (χ2n) is 11.0. The molecule has 0 saturated carbocycles. The number of carbonyl (C=O) groups excluding carboxylic acids is 2. The summed E-state index contributed by atoms with van der Waals surface area (Å²) < 4.78 is 5.25. The summed E-state index contributed by atoms with van der Waals surface area (Å²) in [6.07, 6.45) is 2.30. The van der Waals surface area contributed by atoms with Crippen LogP contribution in [-0.2, 0) is 9.59 Å². The molecule has 1 N–H and O–H groups in total. The van der Waals surface area contributed by atoms with Crippen LogP contribution in [0.1, 0.15) is 82.1 Å². The molecule has 0 amide bonds. The molecule has 0 aromatic heterocycles. The lowest BCUT2D eigenvalue weighted by atomic mass is 9.63. The number of Topliss-reactive ketones (excluding diaryl/α,β-unsaturated/α-hetero) is 2. The summed E-state index contributed by atoms with van der Waals surface area (Å²) in [5, 5.41) is 9.76. The first-order valence-corrected chi connectivity index (χ1v) is 11.6. The van der Waals surface area contributed by atoms with Gasteiger partial charge in [-0.3, -0.25) is 9.59 Å². The number of carbonyl (C=O) groups is 3. The minimum absolute atomic E-state index is 0.0318. The molecule has 1 aromatic carbocycles. The average Bonchev–Trinajstić information content (AvgIpc) is 2.70. The second kappa shape index (κ2) is 7.86. The van der Waals surface area contributed by atoms with E-state index in [-0.39, 0.29) is 33.7 Å². The van der Waals surface area contributed by atoms with Crippen molar-refractivity contribution in [2.75, 3.05) is 13.7 Å². The van der Waals surface area contributed by atoms with E-state index in [4.69, 9.17) is 4.74 Å². The molecule has 6 heteroatoms. The van der Waals surface area contributed by atoms with E-state index < -0.39 is 11.9 Å². The summed E-state index contributed by atoms with van der Waals surface area (Å²) >= 11 is 0. The van der Waals surface area contributed by atoms with Crippen LogP contribution in [0.25, 0.3) is 0 Å². The monoisotopic (exact) mass is 451 g/mol. The summed E-state index contributed by atoms with van der Waals surface area (Å²) in [5.41, 5.74) is 3.63. The normalized spacial score (nSPS) is 22.3. The van der Waals surface area contributed by atoms with Crippen molar-refractivity contribution >= 4 is 17.5 Å². The molecule has 0 radical (unpaired) electrons. The summed E-state index contributed by atoms with van der Waals surface area (Å²) in [4.78, 5) is 41.3. The fourth-order valence-corrected chi connectivity index (χ4v) is 5.84. The molecule has 176 valence electrons. The summed E-state index contributed by atoms with van der Waals surface area (Å²) in [7, 11) is 1.43. The number of carboxylic acid groups (broad SMARTS) is 1. The number of nitrogens with zero attached hydrogens (tertiary/aromatic N) is 1. The van der Waals surface area contributed by atoms with Crippen molar-refractivity contribution in [1.82, 2.24) is 4.90 Å². The molecule has 1 heterocycles. The maximum Gasteiger partial charge on any atom is 0.339 e. The molecule has 1 aliphatic heterocycles. The Balaban J connectivity index is 2.01. The van der Waals surface area contributed by atoms with Gasteiger partial charge in [0.15, 0.2) is 11.6 Å². The van der Waals surface area contributed by atoms with E-state index in [9.17, 15) is 19.5 Å². The van der Waals surface area contributed by atoms with Crippen molar-refractivity contribution in [3.05, 3.63) is 51.9 Å². The molecular weight excluding hydrogens is 418 g/mol. The van der Waals surface area contributed by atoms with Gasteiger partial charge in [0.25, 0.3) is 0 Å². The van der Waals surface area contributed by atoms with Crippen LogP contribution in [0.2, 0.25) is 0 Å². The number of hydrogen-bond acceptors (Lipinski definition) is 5. The molecule has 0 saturated heterocycles. The number of rotatable bonds is 4. The highest BCUT2D eigenvalue weighted by atomic mass is 16.5. The lowest BCUT2D eigenvalue weighted by Crippen LogP contribution is -2.44. The smallest absolute Gasteiger partial charge is 0.339 e. The van der Waals surface area contributed by atoms with Gasteiger partial charge in [-0.2, -0.15) is 0 Å². The maximum absolute atomic E-state index is 13.6. The lowest BCUT2D eigenvalue weighted by Gasteiger charge is -2.48. The molecule has 0 fully saturated rings. The van der Waals surface area contributed by atoms with Gasteiger partial charge in [-0.1, -0.05) is 33.8 Å². The molecule has 0 unspecified atom stereocenters. The Morgan fingerprint density at radius 1 is 1.00 bits per heavy atom. The number of carboxylic acids is 1.